The van der Waals surface area contributed by atoms with Gasteiger partial charge in [0.25, 0.3) is 0 Å². The molecule has 7 heterocycles. The molecule has 19 heteroatoms. The molecule has 3 aromatic carbocycles. The summed E-state index contributed by atoms with van der Waals surface area (Å²) in [5, 5.41) is 24.1. The quantitative estimate of drug-likeness (QED) is 0.105. The number of rotatable bonds is 6. The van der Waals surface area contributed by atoms with Crippen LogP contribution in [0, 0.1) is 13.8 Å². The zero-order valence-corrected chi connectivity index (χ0v) is 36.8. The number of hydrogen-bond acceptors (Lipinski definition) is 18. The summed E-state index contributed by atoms with van der Waals surface area (Å²) in [5.74, 6) is -0.470. The summed E-state index contributed by atoms with van der Waals surface area (Å²) in [6.45, 7) is 11.3. The van der Waals surface area contributed by atoms with E-state index in [2.05, 4.69) is 13.2 Å². The molecule has 2 N–H and O–H groups in total. The Balaban J connectivity index is 1.32. The molecule has 0 aromatic heterocycles. The number of aryl methyl sites for hydroxylation is 1. The minimum absolute atomic E-state index is 0.0114. The van der Waals surface area contributed by atoms with Gasteiger partial charge < -0.3 is 52.8 Å². The predicted molar refractivity (Wildman–Crippen MR) is 226 cm³/mol. The summed E-state index contributed by atoms with van der Waals surface area (Å²) in [4.78, 5) is 60.4. The number of amides is 1. The summed E-state index contributed by atoms with van der Waals surface area (Å²) < 4.78 is 52.0. The number of aromatic hydroxyl groups is 1. The van der Waals surface area contributed by atoms with Crippen LogP contribution < -0.4 is 28.4 Å². The summed E-state index contributed by atoms with van der Waals surface area (Å²) in [7, 11) is 4.74. The third-order valence-electron chi connectivity index (χ3n) is 13.2. The Bertz CT molecular complexity index is 2530. The number of benzene rings is 3. The van der Waals surface area contributed by atoms with E-state index >= 15 is 4.79 Å². The number of thioether (sulfide) groups is 1. The van der Waals surface area contributed by atoms with Gasteiger partial charge in [0.2, 0.25) is 6.79 Å². The molecule has 64 heavy (non-hydrogen) atoms. The molecular weight excluding hydrogens is 855 g/mol. The topological polar surface area (TPSA) is 202 Å². The van der Waals surface area contributed by atoms with Gasteiger partial charge >= 0.3 is 24.2 Å². The zero-order chi connectivity index (χ0) is 45.5. The van der Waals surface area contributed by atoms with Gasteiger partial charge in [-0.1, -0.05) is 19.2 Å². The maximum absolute atomic E-state index is 15.4. The van der Waals surface area contributed by atoms with Crippen molar-refractivity contribution in [3.63, 3.8) is 0 Å². The predicted octanol–water partition coefficient (Wildman–Crippen LogP) is 5.36. The number of phenols is 1. The van der Waals surface area contributed by atoms with E-state index in [1.807, 2.05) is 29.8 Å². The van der Waals surface area contributed by atoms with Crippen LogP contribution in [0.25, 0.3) is 0 Å². The maximum Gasteiger partial charge on any atom is 0.518 e. The smallest absolute Gasteiger partial charge is 0.504 e. The summed E-state index contributed by atoms with van der Waals surface area (Å²) >= 11 is 1.26. The minimum atomic E-state index is -1.95. The van der Waals surface area contributed by atoms with Gasteiger partial charge in [-0.2, -0.15) is 0 Å². The molecule has 7 aliphatic heterocycles. The highest BCUT2D eigenvalue weighted by atomic mass is 32.2. The number of likely N-dealkylation sites (N-methyl/N-ethyl adjacent to an activating group) is 1. The summed E-state index contributed by atoms with van der Waals surface area (Å²) in [6, 6.07) is 2.17. The van der Waals surface area contributed by atoms with Gasteiger partial charge in [-0.25, -0.2) is 14.4 Å². The molecule has 7 atom stereocenters. The fraction of sp³-hybridized carbons (Fsp3) is 0.422. The number of hydrogen-bond donors (Lipinski definition) is 2. The minimum Gasteiger partial charge on any atom is -0.504 e. The van der Waals surface area contributed by atoms with Crippen molar-refractivity contribution in [2.24, 2.45) is 0 Å². The lowest BCUT2D eigenvalue weighted by molar-refractivity contribution is -0.188. The van der Waals surface area contributed by atoms with Crippen molar-refractivity contribution in [2.45, 2.75) is 74.8 Å². The van der Waals surface area contributed by atoms with E-state index in [4.69, 9.17) is 42.6 Å². The molecule has 3 aromatic rings. The van der Waals surface area contributed by atoms with Crippen LogP contribution in [-0.4, -0.2) is 114 Å². The largest absolute Gasteiger partial charge is 0.518 e. The van der Waals surface area contributed by atoms with E-state index in [0.717, 1.165) is 23.7 Å². The number of carbonyl (C=O) groups is 4. The molecule has 0 aliphatic carbocycles. The fourth-order valence-electron chi connectivity index (χ4n) is 10.7. The lowest BCUT2D eigenvalue weighted by Crippen LogP contribution is -2.70. The number of piperazine rings is 1. The van der Waals surface area contributed by atoms with E-state index in [1.54, 1.807) is 13.0 Å². The molecule has 2 fully saturated rings. The van der Waals surface area contributed by atoms with Crippen LogP contribution in [0.15, 0.2) is 43.9 Å². The van der Waals surface area contributed by atoms with Gasteiger partial charge in [-0.05, 0) is 68.1 Å². The second-order valence-corrected chi connectivity index (χ2v) is 17.4. The Morgan fingerprint density at radius 1 is 0.938 bits per heavy atom. The maximum atomic E-state index is 15.4. The van der Waals surface area contributed by atoms with Gasteiger partial charge in [-0.15, -0.1) is 11.8 Å². The Morgan fingerprint density at radius 2 is 1.69 bits per heavy atom. The Hall–Kier alpha value is -6.15. The molecule has 0 radical (unpaired) electrons. The van der Waals surface area contributed by atoms with Crippen molar-refractivity contribution >= 4 is 35.9 Å². The summed E-state index contributed by atoms with van der Waals surface area (Å²) in [5.41, 5.74) is 2.54. The molecule has 1 spiro atoms. The molecule has 4 bridgehead atoms. The Labute approximate surface area is 372 Å². The van der Waals surface area contributed by atoms with Crippen molar-refractivity contribution in [3.8, 4) is 40.2 Å². The number of phenolic OH excluding ortho intramolecular Hbond substituents is 1. The SMILES string of the molecule is C=COC(=O)Oc1cc2c(cc1OC)[C@@]1(CS[C@@H]3c4c(OC(C)=O)c(C)c5c(c4[C@@H](COC1=O)N1C3[C@H]3c4c(cc(C)c(OC)c4O)C[C@@H]([C@@H]1O)N3C)OCO5)N(C(=O)OC=C)CC2. The van der Waals surface area contributed by atoms with E-state index in [-0.39, 0.29) is 48.5 Å². The number of nitrogens with zero attached hydrogens (tertiary/aromatic N) is 3. The van der Waals surface area contributed by atoms with Crippen LogP contribution in [0.5, 0.6) is 40.2 Å². The van der Waals surface area contributed by atoms with Crippen molar-refractivity contribution in [1.29, 1.82) is 0 Å². The third-order valence-corrected chi connectivity index (χ3v) is 14.7. The van der Waals surface area contributed by atoms with Crippen molar-refractivity contribution in [2.75, 3.05) is 47.0 Å². The molecule has 1 amide bonds. The van der Waals surface area contributed by atoms with E-state index in [9.17, 15) is 24.6 Å². The molecule has 18 nitrogen and oxygen atoms in total. The van der Waals surface area contributed by atoms with Crippen molar-refractivity contribution < 1.29 is 72.0 Å². The van der Waals surface area contributed by atoms with Gasteiger partial charge in [0.15, 0.2) is 40.0 Å². The highest BCUT2D eigenvalue weighted by Gasteiger charge is 2.63. The standard InChI is InChI=1S/C45H47N3O15S/c1-9-57-43(53)47-12-11-23-15-29(63-44(54)58-10-2)28(55-7)16-25(23)45(47)18-64-40-32-31(39-38(60-19-61-39)21(4)37(32)62-22(5)49)27(17-59-42(45)52)48-34(40)33-30-24(14-26(41(48)51)46(33)6)13-20(3)36(56-8)35(30)50/h9-10,13,15-16,26-27,33-34,40-41,50-51H,1-2,11-12,14,17-19H2,3-8H3/t26-,27+,33+,34?,40+,41-,45+/m0/s1. The fourth-order valence-corrected chi connectivity index (χ4v) is 12.5. The lowest BCUT2D eigenvalue weighted by atomic mass is 9.73. The first-order valence-electron chi connectivity index (χ1n) is 20.5. The molecule has 2 saturated heterocycles. The first kappa shape index (κ1) is 43.1. The highest BCUT2D eigenvalue weighted by Crippen LogP contribution is 2.65. The van der Waals surface area contributed by atoms with E-state index in [0.29, 0.717) is 57.1 Å². The van der Waals surface area contributed by atoms with Gasteiger partial charge in [0.1, 0.15) is 18.6 Å². The molecule has 0 saturated carbocycles. The zero-order valence-electron chi connectivity index (χ0n) is 36.0. The number of carbonyl (C=O) groups excluding carboxylic acids is 4. The first-order chi connectivity index (χ1) is 30.7. The first-order valence-corrected chi connectivity index (χ1v) is 21.6. The Kier molecular flexibility index (Phi) is 10.9. The third kappa shape index (κ3) is 6.26. The van der Waals surface area contributed by atoms with Crippen LogP contribution in [0.2, 0.25) is 0 Å². The number of fused-ring (bicyclic) bond motifs is 9. The van der Waals surface area contributed by atoms with E-state index < -0.39 is 72.0 Å². The number of aliphatic hydroxyl groups excluding tert-OH is 1. The molecule has 10 rings (SSSR count). The average Bonchev–Trinajstić information content (AvgIpc) is 3.75. The van der Waals surface area contributed by atoms with Crippen LogP contribution in [0.3, 0.4) is 0 Å². The van der Waals surface area contributed by atoms with Gasteiger partial charge in [-0.3, -0.25) is 19.5 Å². The van der Waals surface area contributed by atoms with Crippen LogP contribution in [0.4, 0.5) is 9.59 Å². The van der Waals surface area contributed by atoms with Crippen LogP contribution in [0.1, 0.15) is 68.8 Å². The second kappa shape index (κ2) is 16.1. The molecule has 1 unspecified atom stereocenters. The second-order valence-electron chi connectivity index (χ2n) is 16.3. The Morgan fingerprint density at radius 3 is 2.39 bits per heavy atom. The van der Waals surface area contributed by atoms with Gasteiger partial charge in [0.05, 0.1) is 50.1 Å². The number of esters is 2. The van der Waals surface area contributed by atoms with Crippen LogP contribution in [-0.2, 0) is 42.2 Å². The number of methoxy groups -OCH3 is 2. The van der Waals surface area contributed by atoms with E-state index in [1.165, 1.54) is 43.9 Å². The lowest BCUT2D eigenvalue weighted by Gasteiger charge is -2.62. The summed E-state index contributed by atoms with van der Waals surface area (Å²) in [6.07, 6.45) is -0.696. The van der Waals surface area contributed by atoms with Gasteiger partial charge in [0, 0.05) is 47.5 Å². The average molecular weight is 902 g/mol. The highest BCUT2D eigenvalue weighted by molar-refractivity contribution is 7.99. The van der Waals surface area contributed by atoms with Crippen molar-refractivity contribution in [3.05, 3.63) is 88.4 Å². The van der Waals surface area contributed by atoms with Crippen molar-refractivity contribution in [1.82, 2.24) is 14.7 Å². The molecular formula is C45H47N3O15S. The van der Waals surface area contributed by atoms with Crippen LogP contribution >= 0.6 is 11.8 Å². The molecule has 338 valence electrons. The normalized spacial score (nSPS) is 26.3. The molecule has 7 aliphatic rings. The monoisotopic (exact) mass is 901 g/mol. The number of ether oxygens (including phenoxy) is 9. The number of aliphatic hydroxyl groups is 1.